The number of hydrogen-bond donors (Lipinski definition) is 3. The van der Waals surface area contributed by atoms with Crippen molar-refractivity contribution >= 4 is 46.8 Å². The highest BCUT2D eigenvalue weighted by atomic mass is 31.2. The monoisotopic (exact) mass is 576 g/mol. The summed E-state index contributed by atoms with van der Waals surface area (Å²) in [4.78, 5) is 22.0. The van der Waals surface area contributed by atoms with Crippen LogP contribution in [-0.2, 0) is 18.4 Å². The van der Waals surface area contributed by atoms with Gasteiger partial charge in [-0.1, -0.05) is 30.3 Å². The van der Waals surface area contributed by atoms with Crippen molar-refractivity contribution in [2.75, 3.05) is 38.3 Å². The van der Waals surface area contributed by atoms with E-state index >= 15 is 0 Å². The van der Waals surface area contributed by atoms with Gasteiger partial charge in [-0.05, 0) is 76.3 Å². The number of aromatic nitrogens is 1. The van der Waals surface area contributed by atoms with Crippen LogP contribution in [-0.4, -0.2) is 55.1 Å². The minimum absolute atomic E-state index is 0.0294. The molecule has 3 aromatic carbocycles. The number of nitrogens with one attached hydrogen (secondary N) is 2. The third-order valence-corrected chi connectivity index (χ3v) is 8.66. The third-order valence-electron chi connectivity index (χ3n) is 6.55. The fourth-order valence-electron chi connectivity index (χ4n) is 4.68. The molecule has 0 aliphatic heterocycles. The summed E-state index contributed by atoms with van der Waals surface area (Å²) in [5, 5.41) is 15.2. The van der Waals surface area contributed by atoms with Gasteiger partial charge in [-0.3, -0.25) is 9.36 Å². The molecular weight excluding hydrogens is 539 g/mol. The van der Waals surface area contributed by atoms with E-state index in [1.165, 1.54) is 0 Å². The molecule has 0 atom stereocenters. The molecule has 10 heteroatoms. The number of rotatable bonds is 13. The topological polar surface area (TPSA) is 116 Å². The van der Waals surface area contributed by atoms with Crippen molar-refractivity contribution in [3.63, 3.8) is 0 Å². The lowest BCUT2D eigenvalue weighted by molar-refractivity contribution is -0.116. The number of aromatic hydroxyl groups is 1. The third kappa shape index (κ3) is 6.94. The van der Waals surface area contributed by atoms with E-state index in [0.29, 0.717) is 39.7 Å². The van der Waals surface area contributed by atoms with Crippen molar-refractivity contribution < 1.29 is 23.5 Å². The number of nitrogens with zero attached hydrogens (tertiary/aromatic N) is 2. The largest absolute Gasteiger partial charge is 0.494 e. The zero-order chi connectivity index (χ0) is 29.4. The normalized spacial score (nSPS) is 12.1. The lowest BCUT2D eigenvalue weighted by Gasteiger charge is -2.21. The van der Waals surface area contributed by atoms with Gasteiger partial charge in [-0.2, -0.15) is 0 Å². The minimum atomic E-state index is -3.56. The minimum Gasteiger partial charge on any atom is -0.494 e. The van der Waals surface area contributed by atoms with Crippen LogP contribution in [0.3, 0.4) is 0 Å². The number of benzene rings is 3. The van der Waals surface area contributed by atoms with Gasteiger partial charge in [0.15, 0.2) is 5.88 Å². The van der Waals surface area contributed by atoms with Crippen LogP contribution in [0.15, 0.2) is 77.8 Å². The Labute approximate surface area is 240 Å². The second-order valence-corrected chi connectivity index (χ2v) is 11.4. The average molecular weight is 577 g/mol. The number of fused-ring (bicyclic) bond motifs is 1. The molecule has 4 rings (SSSR count). The van der Waals surface area contributed by atoms with E-state index in [1.54, 1.807) is 43.9 Å². The number of carbonyl (C=O) groups excluding carboxylic acids is 1. The summed E-state index contributed by atoms with van der Waals surface area (Å²) in [6, 6.07) is 22.1. The number of aromatic amines is 1. The van der Waals surface area contributed by atoms with Crippen LogP contribution in [0.4, 0.5) is 11.4 Å². The summed E-state index contributed by atoms with van der Waals surface area (Å²) >= 11 is 0. The number of amides is 1. The van der Waals surface area contributed by atoms with Crippen molar-refractivity contribution in [2.45, 2.75) is 27.2 Å². The molecular formula is C31H37N4O5P. The molecule has 0 aliphatic rings. The van der Waals surface area contributed by atoms with Crippen LogP contribution in [0.1, 0.15) is 38.3 Å². The molecule has 1 heterocycles. The second-order valence-electron chi connectivity index (χ2n) is 9.38. The second kappa shape index (κ2) is 13.7. The van der Waals surface area contributed by atoms with Crippen molar-refractivity contribution in [3.05, 3.63) is 83.9 Å². The van der Waals surface area contributed by atoms with Crippen molar-refractivity contribution in [3.8, 4) is 5.88 Å². The van der Waals surface area contributed by atoms with E-state index in [1.807, 2.05) is 61.6 Å². The van der Waals surface area contributed by atoms with Crippen LogP contribution in [0.2, 0.25) is 0 Å². The van der Waals surface area contributed by atoms with Crippen LogP contribution < -0.4 is 15.5 Å². The van der Waals surface area contributed by atoms with E-state index in [-0.39, 0.29) is 25.0 Å². The SMILES string of the molecule is CCOP(=O)(OCC)c1ccc2[nH]c(O)c(C(=Nc3ccc(N(CCCNC)C(C)=O)cc3)c3ccccc3)c2c1. The van der Waals surface area contributed by atoms with E-state index in [0.717, 1.165) is 24.2 Å². The Kier molecular flexibility index (Phi) is 10.1. The van der Waals surface area contributed by atoms with Gasteiger partial charge in [0.05, 0.1) is 35.5 Å². The van der Waals surface area contributed by atoms with E-state index in [2.05, 4.69) is 10.3 Å². The summed E-state index contributed by atoms with van der Waals surface area (Å²) in [5.74, 6) is -0.0930. The highest BCUT2D eigenvalue weighted by Crippen LogP contribution is 2.47. The first kappa shape index (κ1) is 30.2. The molecule has 4 aromatic rings. The van der Waals surface area contributed by atoms with Gasteiger partial charge in [0.25, 0.3) is 0 Å². The number of H-pyrrole nitrogens is 1. The number of aliphatic imine (C=N–C) groups is 1. The van der Waals surface area contributed by atoms with E-state index in [4.69, 9.17) is 14.0 Å². The Hall–Kier alpha value is -3.75. The lowest BCUT2D eigenvalue weighted by Crippen LogP contribution is -2.31. The maximum absolute atomic E-state index is 13.5. The molecule has 0 bridgehead atoms. The van der Waals surface area contributed by atoms with Crippen LogP contribution in [0, 0.1) is 0 Å². The molecule has 0 spiro atoms. The number of carbonyl (C=O) groups is 1. The summed E-state index contributed by atoms with van der Waals surface area (Å²) in [5.41, 5.74) is 3.86. The number of anilines is 1. The lowest BCUT2D eigenvalue weighted by atomic mass is 10.0. The first-order valence-corrected chi connectivity index (χ1v) is 15.3. The zero-order valence-corrected chi connectivity index (χ0v) is 24.8. The fraction of sp³-hybridized carbons (Fsp3) is 0.290. The van der Waals surface area contributed by atoms with E-state index in [9.17, 15) is 14.5 Å². The Morgan fingerprint density at radius 3 is 2.32 bits per heavy atom. The summed E-state index contributed by atoms with van der Waals surface area (Å²) in [6.07, 6.45) is 0.829. The molecule has 0 radical (unpaired) electrons. The molecule has 1 aromatic heterocycles. The van der Waals surface area contributed by atoms with Gasteiger partial charge >= 0.3 is 7.60 Å². The van der Waals surface area contributed by atoms with Gasteiger partial charge in [0.2, 0.25) is 5.91 Å². The molecule has 0 unspecified atom stereocenters. The first-order valence-electron chi connectivity index (χ1n) is 13.7. The Morgan fingerprint density at radius 2 is 1.71 bits per heavy atom. The molecule has 1 amide bonds. The quantitative estimate of drug-likeness (QED) is 0.104. The smallest absolute Gasteiger partial charge is 0.361 e. The van der Waals surface area contributed by atoms with Crippen molar-refractivity contribution in [2.24, 2.45) is 4.99 Å². The fourth-order valence-corrected chi connectivity index (χ4v) is 6.28. The predicted octanol–water partition coefficient (Wildman–Crippen LogP) is 5.90. The standard InChI is InChI=1S/C31H37N4O5P/c1-5-39-41(38,40-6-2)26-17-18-28-27(21-26)29(31(37)34-28)30(23-11-8-7-9-12-23)33-24-13-15-25(16-14-24)35(22(3)36)20-10-19-32-4/h7-9,11-18,21,32,34,37H,5-6,10,19-20H2,1-4H3. The van der Waals surface area contributed by atoms with Crippen LogP contribution >= 0.6 is 7.60 Å². The molecule has 9 nitrogen and oxygen atoms in total. The summed E-state index contributed by atoms with van der Waals surface area (Å²) in [6.45, 7) is 6.96. The molecule has 0 fully saturated rings. The van der Waals surface area contributed by atoms with Gasteiger partial charge in [0, 0.05) is 35.6 Å². The van der Waals surface area contributed by atoms with Gasteiger partial charge in [-0.25, -0.2) is 4.99 Å². The van der Waals surface area contributed by atoms with Gasteiger partial charge in [-0.15, -0.1) is 0 Å². The molecule has 0 saturated carbocycles. The molecule has 3 N–H and O–H groups in total. The van der Waals surface area contributed by atoms with Crippen molar-refractivity contribution in [1.82, 2.24) is 10.3 Å². The average Bonchev–Trinajstić information content (AvgIpc) is 3.30. The molecule has 0 saturated heterocycles. The predicted molar refractivity (Wildman–Crippen MR) is 165 cm³/mol. The van der Waals surface area contributed by atoms with Crippen LogP contribution in [0.5, 0.6) is 5.88 Å². The van der Waals surface area contributed by atoms with Crippen LogP contribution in [0.25, 0.3) is 10.9 Å². The maximum Gasteiger partial charge on any atom is 0.361 e. The summed E-state index contributed by atoms with van der Waals surface area (Å²) in [7, 11) is -1.67. The molecule has 0 aliphatic carbocycles. The highest BCUT2D eigenvalue weighted by Gasteiger charge is 2.28. The Morgan fingerprint density at radius 1 is 1.02 bits per heavy atom. The Bertz CT molecular complexity index is 1540. The molecule has 216 valence electrons. The Balaban J connectivity index is 1.82. The zero-order valence-electron chi connectivity index (χ0n) is 23.9. The highest BCUT2D eigenvalue weighted by molar-refractivity contribution is 7.62. The van der Waals surface area contributed by atoms with Crippen molar-refractivity contribution in [1.29, 1.82) is 0 Å². The van der Waals surface area contributed by atoms with E-state index < -0.39 is 7.60 Å². The number of hydrogen-bond acceptors (Lipinski definition) is 7. The molecule has 41 heavy (non-hydrogen) atoms. The van der Waals surface area contributed by atoms with Gasteiger partial charge < -0.3 is 29.4 Å². The first-order chi connectivity index (χ1) is 19.8. The maximum atomic E-state index is 13.5. The van der Waals surface area contributed by atoms with Gasteiger partial charge in [0.1, 0.15) is 0 Å². The summed E-state index contributed by atoms with van der Waals surface area (Å²) < 4.78 is 24.7.